The van der Waals surface area contributed by atoms with E-state index in [0.29, 0.717) is 45.0 Å². The van der Waals surface area contributed by atoms with E-state index in [1.807, 2.05) is 47.6 Å². The van der Waals surface area contributed by atoms with Crippen molar-refractivity contribution in [2.24, 2.45) is 10.8 Å². The molecule has 0 bridgehead atoms. The standard InChI is InChI=1S/C15H17ClO2.C14H15ClO.C9H8BrClO2/c1-5-18-14(17)12-7-6-11(10-13(12)16)8-9-15(2,3)4;1-10(16)12-6-5-11(9-13(12)15)7-8-14(2,3)4;1-2-13-9(12)7-4-3-6(10)5-8(7)11/h6-7,10H,5H2,1-4H3;5-6,9H,1-4H3;3-5H,2H2,1H3. The molecule has 0 heterocycles. The van der Waals surface area contributed by atoms with Crippen LogP contribution in [0.15, 0.2) is 59.1 Å². The summed E-state index contributed by atoms with van der Waals surface area (Å²) in [6.45, 7) is 18.0. The summed E-state index contributed by atoms with van der Waals surface area (Å²) < 4.78 is 10.6. The first-order chi connectivity index (χ1) is 21.8. The van der Waals surface area contributed by atoms with Gasteiger partial charge in [0.25, 0.3) is 0 Å². The van der Waals surface area contributed by atoms with Gasteiger partial charge in [0.2, 0.25) is 0 Å². The highest BCUT2D eigenvalue weighted by Crippen LogP contribution is 2.22. The van der Waals surface area contributed by atoms with Crippen LogP contribution in [0.3, 0.4) is 0 Å². The van der Waals surface area contributed by atoms with E-state index >= 15 is 0 Å². The third kappa shape index (κ3) is 16.4. The first kappa shape index (κ1) is 41.8. The average Bonchev–Trinajstić information content (AvgIpc) is 2.95. The lowest BCUT2D eigenvalue weighted by Crippen LogP contribution is -2.05. The summed E-state index contributed by atoms with van der Waals surface area (Å²) in [6, 6.07) is 15.4. The second-order valence-corrected chi connectivity index (χ2v) is 14.1. The van der Waals surface area contributed by atoms with Gasteiger partial charge in [-0.1, -0.05) is 74.4 Å². The van der Waals surface area contributed by atoms with Gasteiger partial charge in [0.05, 0.1) is 39.4 Å². The number of carbonyl (C=O) groups is 3. The summed E-state index contributed by atoms with van der Waals surface area (Å²) in [5.74, 6) is 11.5. The SMILES string of the molecule is CC(=O)c1ccc(C#CC(C)(C)C)cc1Cl.CCOC(=O)c1ccc(Br)cc1Cl.CCOC(=O)c1ccc(C#CC(C)(C)C)cc1Cl. The second kappa shape index (κ2) is 19.5. The number of esters is 2. The highest BCUT2D eigenvalue weighted by atomic mass is 79.9. The first-order valence-electron chi connectivity index (χ1n) is 14.7. The van der Waals surface area contributed by atoms with Gasteiger partial charge in [0, 0.05) is 32.0 Å². The van der Waals surface area contributed by atoms with Crippen molar-refractivity contribution in [2.75, 3.05) is 13.2 Å². The average molecular weight is 763 g/mol. The zero-order valence-corrected chi connectivity index (χ0v) is 32.0. The fourth-order valence-corrected chi connectivity index (χ4v) is 4.55. The van der Waals surface area contributed by atoms with Crippen LogP contribution in [-0.4, -0.2) is 30.9 Å². The molecule has 0 radical (unpaired) electrons. The topological polar surface area (TPSA) is 69.7 Å². The van der Waals surface area contributed by atoms with Crippen LogP contribution < -0.4 is 0 Å². The number of hydrogen-bond donors (Lipinski definition) is 0. The Labute approximate surface area is 302 Å². The summed E-state index contributed by atoms with van der Waals surface area (Å²) in [5.41, 5.74) is 2.85. The fourth-order valence-electron chi connectivity index (χ4n) is 3.23. The molecule has 0 saturated carbocycles. The zero-order chi connectivity index (χ0) is 35.9. The number of ketones is 1. The van der Waals surface area contributed by atoms with Gasteiger partial charge in [-0.15, -0.1) is 0 Å². The molecule has 0 fully saturated rings. The summed E-state index contributed by atoms with van der Waals surface area (Å²) in [5, 5.41) is 1.23. The molecule has 250 valence electrons. The van der Waals surface area contributed by atoms with Crippen molar-refractivity contribution in [3.05, 3.63) is 102 Å². The fraction of sp³-hybridized carbons (Fsp3) is 0.342. The van der Waals surface area contributed by atoms with Gasteiger partial charge < -0.3 is 9.47 Å². The molecule has 0 atom stereocenters. The largest absolute Gasteiger partial charge is 0.462 e. The predicted octanol–water partition coefficient (Wildman–Crippen LogP) is 11.1. The maximum absolute atomic E-state index is 11.6. The molecular weight excluding hydrogens is 723 g/mol. The summed E-state index contributed by atoms with van der Waals surface area (Å²) in [4.78, 5) is 34.0. The van der Waals surface area contributed by atoms with Crippen molar-refractivity contribution in [1.29, 1.82) is 0 Å². The molecule has 0 N–H and O–H groups in total. The van der Waals surface area contributed by atoms with Gasteiger partial charge in [-0.2, -0.15) is 0 Å². The lowest BCUT2D eigenvalue weighted by atomic mass is 9.97. The van der Waals surface area contributed by atoms with Crippen molar-refractivity contribution < 1.29 is 23.9 Å². The van der Waals surface area contributed by atoms with Crippen molar-refractivity contribution >= 4 is 68.5 Å². The van der Waals surface area contributed by atoms with Crippen molar-refractivity contribution in [2.45, 2.75) is 62.3 Å². The quantitative estimate of drug-likeness (QED) is 0.147. The maximum atomic E-state index is 11.6. The van der Waals surface area contributed by atoms with Gasteiger partial charge in [-0.3, -0.25) is 4.79 Å². The van der Waals surface area contributed by atoms with Crippen LogP contribution in [0.25, 0.3) is 0 Å². The van der Waals surface area contributed by atoms with E-state index in [1.165, 1.54) is 6.92 Å². The van der Waals surface area contributed by atoms with Gasteiger partial charge >= 0.3 is 11.9 Å². The number of carbonyl (C=O) groups excluding carboxylic acids is 3. The first-order valence-corrected chi connectivity index (χ1v) is 16.7. The van der Waals surface area contributed by atoms with Crippen LogP contribution in [0.1, 0.15) is 105 Å². The Hall–Kier alpha value is -3.26. The predicted molar refractivity (Wildman–Crippen MR) is 197 cm³/mol. The molecular formula is C38H40BrCl3O5. The summed E-state index contributed by atoms with van der Waals surface area (Å²) in [6.07, 6.45) is 0. The van der Waals surface area contributed by atoms with Crippen LogP contribution in [-0.2, 0) is 9.47 Å². The molecule has 0 spiro atoms. The smallest absolute Gasteiger partial charge is 0.339 e. The minimum absolute atomic E-state index is 0.0275. The molecule has 0 aromatic heterocycles. The highest BCUT2D eigenvalue weighted by molar-refractivity contribution is 9.10. The minimum Gasteiger partial charge on any atom is -0.462 e. The molecule has 5 nitrogen and oxygen atoms in total. The molecule has 0 aliphatic heterocycles. The van der Waals surface area contributed by atoms with Crippen LogP contribution >= 0.6 is 50.7 Å². The third-order valence-corrected chi connectivity index (χ3v) is 6.83. The molecule has 9 heteroatoms. The molecule has 0 unspecified atom stereocenters. The Bertz CT molecular complexity index is 1690. The molecule has 3 aromatic rings. The molecule has 3 aromatic carbocycles. The Morgan fingerprint density at radius 2 is 1.00 bits per heavy atom. The van der Waals surface area contributed by atoms with E-state index in [4.69, 9.17) is 44.3 Å². The van der Waals surface area contributed by atoms with Crippen molar-refractivity contribution in [3.8, 4) is 23.7 Å². The van der Waals surface area contributed by atoms with Crippen LogP contribution in [0.4, 0.5) is 0 Å². The van der Waals surface area contributed by atoms with Gasteiger partial charge in [0.1, 0.15) is 0 Å². The van der Waals surface area contributed by atoms with Crippen LogP contribution in [0.2, 0.25) is 15.1 Å². The Kier molecular flexibility index (Phi) is 17.4. The number of Topliss-reactive ketones (excluding diaryl/α,β-unsaturated/α-hetero) is 1. The zero-order valence-electron chi connectivity index (χ0n) is 28.2. The molecule has 0 amide bonds. The Balaban J connectivity index is 0.000000357. The number of rotatable bonds is 5. The molecule has 3 rings (SSSR count). The number of benzene rings is 3. The lowest BCUT2D eigenvalue weighted by Gasteiger charge is -2.07. The van der Waals surface area contributed by atoms with Crippen LogP contribution in [0, 0.1) is 34.5 Å². The molecule has 0 aliphatic rings. The van der Waals surface area contributed by atoms with Crippen molar-refractivity contribution in [1.82, 2.24) is 0 Å². The van der Waals surface area contributed by atoms with Gasteiger partial charge in [-0.25, -0.2) is 9.59 Å². The van der Waals surface area contributed by atoms with Gasteiger partial charge in [0.15, 0.2) is 5.78 Å². The number of ether oxygens (including phenoxy) is 2. The normalized spacial score (nSPS) is 10.3. The molecule has 0 saturated heterocycles. The molecule has 47 heavy (non-hydrogen) atoms. The highest BCUT2D eigenvalue weighted by Gasteiger charge is 2.12. The maximum Gasteiger partial charge on any atom is 0.339 e. The number of hydrogen-bond acceptors (Lipinski definition) is 5. The monoisotopic (exact) mass is 760 g/mol. The Morgan fingerprint density at radius 1 is 0.638 bits per heavy atom. The summed E-state index contributed by atoms with van der Waals surface area (Å²) >= 11 is 21.1. The lowest BCUT2D eigenvalue weighted by molar-refractivity contribution is 0.0517. The van der Waals surface area contributed by atoms with Gasteiger partial charge in [-0.05, 0) is 117 Å². The second-order valence-electron chi connectivity index (χ2n) is 12.0. The Morgan fingerprint density at radius 3 is 1.32 bits per heavy atom. The number of halogens is 4. The summed E-state index contributed by atoms with van der Waals surface area (Å²) in [7, 11) is 0. The van der Waals surface area contributed by atoms with E-state index < -0.39 is 5.97 Å². The van der Waals surface area contributed by atoms with E-state index in [2.05, 4.69) is 39.6 Å². The van der Waals surface area contributed by atoms with E-state index in [-0.39, 0.29) is 22.6 Å². The van der Waals surface area contributed by atoms with Crippen molar-refractivity contribution in [3.63, 3.8) is 0 Å². The van der Waals surface area contributed by atoms with E-state index in [0.717, 1.165) is 15.6 Å². The van der Waals surface area contributed by atoms with E-state index in [1.54, 1.807) is 62.4 Å². The van der Waals surface area contributed by atoms with E-state index in [9.17, 15) is 14.4 Å². The van der Waals surface area contributed by atoms with Crippen LogP contribution in [0.5, 0.6) is 0 Å². The molecule has 0 aliphatic carbocycles. The third-order valence-electron chi connectivity index (χ3n) is 5.40. The minimum atomic E-state index is -0.405.